The van der Waals surface area contributed by atoms with Gasteiger partial charge in [0.2, 0.25) is 11.8 Å². The molecule has 0 heterocycles. The smallest absolute Gasteiger partial charge is 0.352 e. The number of carbonyl (C=O) groups is 2. The van der Waals surface area contributed by atoms with Gasteiger partial charge in [-0.05, 0) is 67.8 Å². The molecule has 1 aliphatic rings. The van der Waals surface area contributed by atoms with Crippen LogP contribution in [0.1, 0.15) is 43.7 Å². The van der Waals surface area contributed by atoms with Crippen LogP contribution in [0.5, 0.6) is 0 Å². The molecule has 1 unspecified atom stereocenters. The molecular formula is C30H30Cl2F3N3O4S. The highest BCUT2D eigenvalue weighted by Gasteiger charge is 2.35. The van der Waals surface area contributed by atoms with Crippen LogP contribution in [0.2, 0.25) is 10.0 Å². The van der Waals surface area contributed by atoms with Gasteiger partial charge < -0.3 is 10.2 Å². The third-order valence-electron chi connectivity index (χ3n) is 7.28. The molecule has 43 heavy (non-hydrogen) atoms. The summed E-state index contributed by atoms with van der Waals surface area (Å²) in [6.07, 6.45) is -1.21. The van der Waals surface area contributed by atoms with E-state index < -0.39 is 46.2 Å². The summed E-state index contributed by atoms with van der Waals surface area (Å²) in [5.74, 6) is -1.24. The van der Waals surface area contributed by atoms with Crippen molar-refractivity contribution < 1.29 is 31.2 Å². The molecule has 4 rings (SSSR count). The molecule has 1 saturated carbocycles. The van der Waals surface area contributed by atoms with Crippen LogP contribution in [0.3, 0.4) is 0 Å². The molecule has 0 spiro atoms. The van der Waals surface area contributed by atoms with E-state index in [1.807, 2.05) is 0 Å². The van der Waals surface area contributed by atoms with Gasteiger partial charge in [-0.2, -0.15) is 13.2 Å². The number of sulfonamides is 1. The van der Waals surface area contributed by atoms with Crippen molar-refractivity contribution in [3.05, 3.63) is 94.0 Å². The Labute approximate surface area is 258 Å². The Morgan fingerprint density at radius 1 is 0.953 bits per heavy atom. The predicted octanol–water partition coefficient (Wildman–Crippen LogP) is 6.68. The van der Waals surface area contributed by atoms with Crippen molar-refractivity contribution in [3.8, 4) is 0 Å². The Kier molecular flexibility index (Phi) is 10.3. The molecule has 0 radical (unpaired) electrons. The lowest BCUT2D eigenvalue weighted by atomic mass is 10.1. The van der Waals surface area contributed by atoms with Crippen molar-refractivity contribution in [1.82, 2.24) is 10.2 Å². The summed E-state index contributed by atoms with van der Waals surface area (Å²) in [5.41, 5.74) is -0.924. The first-order valence-corrected chi connectivity index (χ1v) is 15.8. The van der Waals surface area contributed by atoms with Crippen LogP contribution in [0.15, 0.2) is 77.7 Å². The summed E-state index contributed by atoms with van der Waals surface area (Å²) >= 11 is 12.2. The van der Waals surface area contributed by atoms with Gasteiger partial charge in [0.25, 0.3) is 10.0 Å². The van der Waals surface area contributed by atoms with Crippen LogP contribution in [-0.2, 0) is 32.3 Å². The quantitative estimate of drug-likeness (QED) is 0.264. The van der Waals surface area contributed by atoms with E-state index in [0.717, 1.165) is 37.8 Å². The number of anilines is 1. The lowest BCUT2D eigenvalue weighted by molar-refractivity contribution is -0.139. The van der Waals surface area contributed by atoms with Gasteiger partial charge >= 0.3 is 6.18 Å². The largest absolute Gasteiger partial charge is 0.416 e. The normalized spacial score (nSPS) is 14.7. The Morgan fingerprint density at radius 2 is 1.63 bits per heavy atom. The molecule has 2 amide bonds. The second-order valence-corrected chi connectivity index (χ2v) is 13.0. The zero-order chi connectivity index (χ0) is 31.4. The first-order valence-electron chi connectivity index (χ1n) is 13.6. The minimum Gasteiger partial charge on any atom is -0.352 e. The van der Waals surface area contributed by atoms with Gasteiger partial charge in [-0.3, -0.25) is 13.9 Å². The van der Waals surface area contributed by atoms with Gasteiger partial charge in [0.15, 0.2) is 0 Å². The van der Waals surface area contributed by atoms with E-state index in [1.54, 1.807) is 12.1 Å². The van der Waals surface area contributed by atoms with Gasteiger partial charge in [0.05, 0.1) is 26.2 Å². The molecule has 0 saturated heterocycles. The average Bonchev–Trinajstić information content (AvgIpc) is 3.49. The van der Waals surface area contributed by atoms with Gasteiger partial charge in [-0.1, -0.05) is 66.4 Å². The maximum Gasteiger partial charge on any atom is 0.416 e. The second-order valence-electron chi connectivity index (χ2n) is 10.3. The van der Waals surface area contributed by atoms with E-state index in [0.29, 0.717) is 15.9 Å². The van der Waals surface area contributed by atoms with Crippen LogP contribution < -0.4 is 9.62 Å². The summed E-state index contributed by atoms with van der Waals surface area (Å²) in [7, 11) is -4.52. The minimum atomic E-state index is -4.76. The molecule has 3 aromatic rings. The molecule has 7 nitrogen and oxygen atoms in total. The SMILES string of the molecule is CC(C(=O)NC1CCCC1)N(Cc1ccc(Cl)c(Cl)c1)C(=O)CN(c1cccc(C(F)(F)F)c1)S(=O)(=O)c1ccccc1. The zero-order valence-electron chi connectivity index (χ0n) is 23.2. The first kappa shape index (κ1) is 32.6. The minimum absolute atomic E-state index is 0.0445. The van der Waals surface area contributed by atoms with Crippen molar-refractivity contribution >= 4 is 50.7 Å². The zero-order valence-corrected chi connectivity index (χ0v) is 25.5. The van der Waals surface area contributed by atoms with Crippen LogP contribution in [-0.4, -0.2) is 43.8 Å². The van der Waals surface area contributed by atoms with Crippen LogP contribution in [0.25, 0.3) is 0 Å². The number of carbonyl (C=O) groups excluding carboxylic acids is 2. The van der Waals surface area contributed by atoms with E-state index in [4.69, 9.17) is 23.2 Å². The van der Waals surface area contributed by atoms with E-state index in [9.17, 15) is 31.2 Å². The standard InChI is InChI=1S/C30H30Cl2F3N3O4S/c1-20(29(40)36-23-9-5-6-10-23)37(18-21-14-15-26(31)27(32)16-21)28(39)19-38(43(41,42)25-12-3-2-4-13-25)24-11-7-8-22(17-24)30(33,34)35/h2-4,7-8,11-17,20,23H,5-6,9-10,18-19H2,1H3,(H,36,40). The number of amides is 2. The molecule has 1 N–H and O–H groups in total. The molecular weight excluding hydrogens is 626 g/mol. The van der Waals surface area contributed by atoms with Crippen molar-refractivity contribution in [2.45, 2.75) is 62.3 Å². The van der Waals surface area contributed by atoms with E-state index in [2.05, 4.69) is 5.32 Å². The Bertz CT molecular complexity index is 1570. The van der Waals surface area contributed by atoms with Gasteiger partial charge in [-0.15, -0.1) is 0 Å². The number of hydrogen-bond donors (Lipinski definition) is 1. The highest BCUT2D eigenvalue weighted by atomic mass is 35.5. The molecule has 0 aliphatic heterocycles. The van der Waals surface area contributed by atoms with Crippen molar-refractivity contribution in [3.63, 3.8) is 0 Å². The molecule has 0 aromatic heterocycles. The molecule has 230 valence electrons. The van der Waals surface area contributed by atoms with Gasteiger partial charge in [0, 0.05) is 12.6 Å². The summed E-state index contributed by atoms with van der Waals surface area (Å²) in [6, 6.07) is 14.4. The third kappa shape index (κ3) is 8.01. The number of alkyl halides is 3. The van der Waals surface area contributed by atoms with E-state index in [1.165, 1.54) is 54.3 Å². The van der Waals surface area contributed by atoms with Crippen LogP contribution >= 0.6 is 23.2 Å². The van der Waals surface area contributed by atoms with Crippen molar-refractivity contribution in [2.24, 2.45) is 0 Å². The van der Waals surface area contributed by atoms with Crippen molar-refractivity contribution in [2.75, 3.05) is 10.8 Å². The fourth-order valence-corrected chi connectivity index (χ4v) is 6.64. The number of halogens is 5. The van der Waals surface area contributed by atoms with Gasteiger partial charge in [-0.25, -0.2) is 8.42 Å². The number of rotatable bonds is 10. The predicted molar refractivity (Wildman–Crippen MR) is 159 cm³/mol. The number of nitrogens with zero attached hydrogens (tertiary/aromatic N) is 2. The lowest BCUT2D eigenvalue weighted by Gasteiger charge is -2.32. The summed E-state index contributed by atoms with van der Waals surface area (Å²) in [6.45, 7) is 0.498. The number of benzene rings is 3. The maximum atomic E-state index is 14.0. The Balaban J connectivity index is 1.73. The van der Waals surface area contributed by atoms with E-state index >= 15 is 0 Å². The lowest BCUT2D eigenvalue weighted by Crippen LogP contribution is -2.52. The first-order chi connectivity index (χ1) is 20.3. The summed E-state index contributed by atoms with van der Waals surface area (Å²) in [4.78, 5) is 28.2. The molecule has 13 heteroatoms. The summed E-state index contributed by atoms with van der Waals surface area (Å²) < 4.78 is 69.0. The van der Waals surface area contributed by atoms with Crippen LogP contribution in [0, 0.1) is 0 Å². The summed E-state index contributed by atoms with van der Waals surface area (Å²) in [5, 5.41) is 3.44. The molecule has 0 bridgehead atoms. The van der Waals surface area contributed by atoms with Gasteiger partial charge in [0.1, 0.15) is 12.6 Å². The number of nitrogens with one attached hydrogen (secondary N) is 1. The molecule has 1 atom stereocenters. The monoisotopic (exact) mass is 655 g/mol. The van der Waals surface area contributed by atoms with E-state index in [-0.39, 0.29) is 33.2 Å². The topological polar surface area (TPSA) is 86.8 Å². The maximum absolute atomic E-state index is 14.0. The van der Waals surface area contributed by atoms with Crippen molar-refractivity contribution in [1.29, 1.82) is 0 Å². The number of hydrogen-bond acceptors (Lipinski definition) is 4. The average molecular weight is 657 g/mol. The molecule has 1 aliphatic carbocycles. The molecule has 3 aromatic carbocycles. The fraction of sp³-hybridized carbons (Fsp3) is 0.333. The highest BCUT2D eigenvalue weighted by molar-refractivity contribution is 7.92. The third-order valence-corrected chi connectivity index (χ3v) is 9.80. The Hall–Kier alpha value is -3.28. The second kappa shape index (κ2) is 13.6. The molecule has 1 fully saturated rings. The van der Waals surface area contributed by atoms with Crippen LogP contribution in [0.4, 0.5) is 18.9 Å². The fourth-order valence-electron chi connectivity index (χ4n) is 4.90. The Morgan fingerprint density at radius 3 is 2.26 bits per heavy atom. The highest BCUT2D eigenvalue weighted by Crippen LogP contribution is 2.33.